The molecule has 3 aromatic rings. The Morgan fingerprint density at radius 1 is 1.00 bits per heavy atom. The van der Waals surface area contributed by atoms with Gasteiger partial charge in [0.1, 0.15) is 11.8 Å². The molecule has 2 amide bonds. The first-order valence-corrected chi connectivity index (χ1v) is 11.9. The molecule has 178 valence electrons. The Morgan fingerprint density at radius 3 is 2.32 bits per heavy atom. The van der Waals surface area contributed by atoms with Crippen molar-refractivity contribution in [1.29, 1.82) is 0 Å². The monoisotopic (exact) mass is 498 g/mol. The molecule has 7 heteroatoms. The SMILES string of the molecule is CCCC(=O)N(Cc1ccc(OC)cc1)[C@H](C(=O)NCc1ccc(Cl)cc1Cl)c1ccccc1. The minimum atomic E-state index is -0.798. The van der Waals surface area contributed by atoms with E-state index in [0.29, 0.717) is 22.9 Å². The van der Waals surface area contributed by atoms with Gasteiger partial charge >= 0.3 is 0 Å². The molecule has 1 N–H and O–H groups in total. The minimum Gasteiger partial charge on any atom is -0.497 e. The number of hydrogen-bond acceptors (Lipinski definition) is 3. The van der Waals surface area contributed by atoms with Crippen LogP contribution in [-0.4, -0.2) is 23.8 Å². The van der Waals surface area contributed by atoms with E-state index in [0.717, 1.165) is 22.4 Å². The first-order valence-electron chi connectivity index (χ1n) is 11.1. The average molecular weight is 499 g/mol. The normalized spacial score (nSPS) is 11.5. The van der Waals surface area contributed by atoms with Crippen LogP contribution in [0.5, 0.6) is 5.75 Å². The van der Waals surface area contributed by atoms with Gasteiger partial charge in [0.25, 0.3) is 0 Å². The van der Waals surface area contributed by atoms with Crippen LogP contribution in [0.3, 0.4) is 0 Å². The van der Waals surface area contributed by atoms with E-state index in [1.54, 1.807) is 30.2 Å². The fourth-order valence-electron chi connectivity index (χ4n) is 3.66. The Morgan fingerprint density at radius 2 is 1.71 bits per heavy atom. The number of halogens is 2. The van der Waals surface area contributed by atoms with E-state index < -0.39 is 6.04 Å². The van der Waals surface area contributed by atoms with Crippen molar-refractivity contribution < 1.29 is 14.3 Å². The summed E-state index contributed by atoms with van der Waals surface area (Å²) in [5, 5.41) is 3.96. The van der Waals surface area contributed by atoms with Crippen LogP contribution in [0.15, 0.2) is 72.8 Å². The summed E-state index contributed by atoms with van der Waals surface area (Å²) in [6, 6.07) is 21.2. The van der Waals surface area contributed by atoms with Crippen LogP contribution in [0.4, 0.5) is 0 Å². The molecule has 0 aliphatic carbocycles. The molecule has 0 saturated heterocycles. The van der Waals surface area contributed by atoms with Crippen LogP contribution in [0.25, 0.3) is 0 Å². The van der Waals surface area contributed by atoms with Crippen LogP contribution in [0.2, 0.25) is 10.0 Å². The summed E-state index contributed by atoms with van der Waals surface area (Å²) in [7, 11) is 1.61. The van der Waals surface area contributed by atoms with Crippen LogP contribution in [-0.2, 0) is 22.7 Å². The third-order valence-electron chi connectivity index (χ3n) is 5.44. The van der Waals surface area contributed by atoms with Gasteiger partial charge in [-0.05, 0) is 47.4 Å². The van der Waals surface area contributed by atoms with E-state index in [1.165, 1.54) is 0 Å². The standard InChI is InChI=1S/C27H28Cl2N2O3/c1-3-7-25(32)31(18-19-10-14-23(34-2)15-11-19)26(20-8-5-4-6-9-20)27(33)30-17-21-12-13-22(28)16-24(21)29/h4-6,8-16,26H,3,7,17-18H2,1-2H3,(H,30,33)/t26-/m0/s1. The number of hydrogen-bond donors (Lipinski definition) is 1. The number of carbonyl (C=O) groups is 2. The summed E-state index contributed by atoms with van der Waals surface area (Å²) in [5.74, 6) is 0.356. The van der Waals surface area contributed by atoms with E-state index in [4.69, 9.17) is 27.9 Å². The fraction of sp³-hybridized carbons (Fsp3) is 0.259. The average Bonchev–Trinajstić information content (AvgIpc) is 2.84. The van der Waals surface area contributed by atoms with Gasteiger partial charge in [-0.15, -0.1) is 0 Å². The number of amides is 2. The first-order chi connectivity index (χ1) is 16.4. The topological polar surface area (TPSA) is 58.6 Å². The molecule has 3 aromatic carbocycles. The highest BCUT2D eigenvalue weighted by atomic mass is 35.5. The lowest BCUT2D eigenvalue weighted by molar-refractivity contribution is -0.141. The van der Waals surface area contributed by atoms with Crippen molar-refractivity contribution in [1.82, 2.24) is 10.2 Å². The molecular weight excluding hydrogens is 471 g/mol. The van der Waals surface area contributed by atoms with Gasteiger partial charge in [0.15, 0.2) is 0 Å². The molecule has 34 heavy (non-hydrogen) atoms. The van der Waals surface area contributed by atoms with Gasteiger partial charge < -0.3 is 15.0 Å². The second kappa shape index (κ2) is 12.4. The number of rotatable bonds is 10. The molecule has 0 saturated carbocycles. The van der Waals surface area contributed by atoms with Crippen LogP contribution >= 0.6 is 23.2 Å². The summed E-state index contributed by atoms with van der Waals surface area (Å²) in [5.41, 5.74) is 2.38. The number of nitrogens with zero attached hydrogens (tertiary/aromatic N) is 1. The van der Waals surface area contributed by atoms with E-state index in [1.807, 2.05) is 61.5 Å². The van der Waals surface area contributed by atoms with Crippen molar-refractivity contribution in [3.05, 3.63) is 99.5 Å². The minimum absolute atomic E-state index is 0.0909. The van der Waals surface area contributed by atoms with Crippen LogP contribution in [0.1, 0.15) is 42.5 Å². The number of methoxy groups -OCH3 is 1. The molecule has 0 unspecified atom stereocenters. The van der Waals surface area contributed by atoms with Crippen molar-refractivity contribution in [2.75, 3.05) is 7.11 Å². The summed E-state index contributed by atoms with van der Waals surface area (Å²) < 4.78 is 5.24. The summed E-state index contributed by atoms with van der Waals surface area (Å²) in [6.45, 7) is 2.46. The van der Waals surface area contributed by atoms with Crippen molar-refractivity contribution in [3.63, 3.8) is 0 Å². The Hall–Kier alpha value is -3.02. The molecule has 0 aliphatic rings. The van der Waals surface area contributed by atoms with E-state index in [-0.39, 0.29) is 24.9 Å². The van der Waals surface area contributed by atoms with Crippen molar-refractivity contribution >= 4 is 35.0 Å². The highest BCUT2D eigenvalue weighted by Gasteiger charge is 2.31. The molecule has 0 radical (unpaired) electrons. The zero-order valence-electron chi connectivity index (χ0n) is 19.3. The highest BCUT2D eigenvalue weighted by Crippen LogP contribution is 2.26. The Balaban J connectivity index is 1.91. The Labute approximate surface area is 210 Å². The first kappa shape index (κ1) is 25.6. The lowest BCUT2D eigenvalue weighted by atomic mass is 10.0. The molecule has 0 spiro atoms. The van der Waals surface area contributed by atoms with Gasteiger partial charge in [0.05, 0.1) is 7.11 Å². The molecule has 0 aromatic heterocycles. The predicted molar refractivity (Wildman–Crippen MR) is 136 cm³/mol. The summed E-state index contributed by atoms with van der Waals surface area (Å²) in [4.78, 5) is 28.4. The Bertz CT molecular complexity index is 1100. The highest BCUT2D eigenvalue weighted by molar-refractivity contribution is 6.35. The maximum Gasteiger partial charge on any atom is 0.247 e. The molecule has 0 aliphatic heterocycles. The number of nitrogens with one attached hydrogen (secondary N) is 1. The fourth-order valence-corrected chi connectivity index (χ4v) is 4.14. The number of ether oxygens (including phenoxy) is 1. The zero-order valence-corrected chi connectivity index (χ0v) is 20.8. The van der Waals surface area contributed by atoms with Crippen molar-refractivity contribution in [2.24, 2.45) is 0 Å². The summed E-state index contributed by atoms with van der Waals surface area (Å²) in [6.07, 6.45) is 1.03. The van der Waals surface area contributed by atoms with E-state index in [9.17, 15) is 9.59 Å². The maximum absolute atomic E-state index is 13.5. The van der Waals surface area contributed by atoms with Crippen molar-refractivity contribution in [3.8, 4) is 5.75 Å². The lowest BCUT2D eigenvalue weighted by Crippen LogP contribution is -2.43. The van der Waals surface area contributed by atoms with E-state index in [2.05, 4.69) is 5.32 Å². The van der Waals surface area contributed by atoms with Gasteiger partial charge in [-0.1, -0.05) is 78.7 Å². The summed E-state index contributed by atoms with van der Waals surface area (Å²) >= 11 is 12.3. The molecule has 3 rings (SSSR count). The largest absolute Gasteiger partial charge is 0.497 e. The van der Waals surface area contributed by atoms with Gasteiger partial charge in [-0.3, -0.25) is 9.59 Å². The van der Waals surface area contributed by atoms with Crippen LogP contribution in [0, 0.1) is 0 Å². The van der Waals surface area contributed by atoms with Gasteiger partial charge in [0.2, 0.25) is 11.8 Å². The van der Waals surface area contributed by atoms with E-state index >= 15 is 0 Å². The predicted octanol–water partition coefficient (Wildman–Crippen LogP) is 6.19. The smallest absolute Gasteiger partial charge is 0.247 e. The molecule has 0 fully saturated rings. The quantitative estimate of drug-likeness (QED) is 0.362. The number of carbonyl (C=O) groups excluding carboxylic acids is 2. The van der Waals surface area contributed by atoms with Gasteiger partial charge in [-0.2, -0.15) is 0 Å². The molecular formula is C27H28Cl2N2O3. The second-order valence-corrected chi connectivity index (χ2v) is 8.73. The molecule has 5 nitrogen and oxygen atoms in total. The zero-order chi connectivity index (χ0) is 24.5. The lowest BCUT2D eigenvalue weighted by Gasteiger charge is -2.32. The second-order valence-electron chi connectivity index (χ2n) is 7.89. The van der Waals surface area contributed by atoms with Crippen LogP contribution < -0.4 is 10.1 Å². The Kier molecular flexibility index (Phi) is 9.37. The molecule has 0 heterocycles. The van der Waals surface area contributed by atoms with Gasteiger partial charge in [-0.25, -0.2) is 0 Å². The molecule has 0 bridgehead atoms. The van der Waals surface area contributed by atoms with Crippen molar-refractivity contribution in [2.45, 2.75) is 38.9 Å². The maximum atomic E-state index is 13.5. The third-order valence-corrected chi connectivity index (χ3v) is 6.03. The molecule has 1 atom stereocenters. The number of benzene rings is 3. The van der Waals surface area contributed by atoms with Gasteiger partial charge in [0, 0.05) is 29.6 Å². The third kappa shape index (κ3) is 6.75.